The van der Waals surface area contributed by atoms with Crippen LogP contribution in [0.25, 0.3) is 0 Å². The van der Waals surface area contributed by atoms with Crippen LogP contribution in [0, 0.1) is 11.3 Å². The van der Waals surface area contributed by atoms with Gasteiger partial charge in [-0.1, -0.05) is 30.3 Å². The number of carbonyl (C=O) groups excluding carboxylic acids is 2. The van der Waals surface area contributed by atoms with E-state index < -0.39 is 0 Å². The summed E-state index contributed by atoms with van der Waals surface area (Å²) in [6.45, 7) is 0.888. The van der Waals surface area contributed by atoms with Gasteiger partial charge in [0.05, 0.1) is 11.6 Å². The maximum absolute atomic E-state index is 11.8. The second kappa shape index (κ2) is 9.11. The summed E-state index contributed by atoms with van der Waals surface area (Å²) < 4.78 is 0. The molecule has 0 aromatic heterocycles. The van der Waals surface area contributed by atoms with E-state index >= 15 is 0 Å². The normalized spacial score (nSPS) is 9.79. The molecule has 0 aliphatic rings. The van der Waals surface area contributed by atoms with Crippen molar-refractivity contribution in [3.63, 3.8) is 0 Å². The molecule has 2 rings (SSSR count). The fourth-order valence-corrected chi connectivity index (χ4v) is 2.13. The Labute approximate surface area is 141 Å². The summed E-state index contributed by atoms with van der Waals surface area (Å²) in [7, 11) is 0. The summed E-state index contributed by atoms with van der Waals surface area (Å²) in [4.78, 5) is 23.6. The summed E-state index contributed by atoms with van der Waals surface area (Å²) in [5.74, 6) is -0.193. The zero-order chi connectivity index (χ0) is 17.2. The van der Waals surface area contributed by atoms with Gasteiger partial charge in [0.1, 0.15) is 0 Å². The minimum Gasteiger partial charge on any atom is -0.352 e. The van der Waals surface area contributed by atoms with Gasteiger partial charge in [0.15, 0.2) is 0 Å². The Bertz CT molecular complexity index is 719. The van der Waals surface area contributed by atoms with Gasteiger partial charge >= 0.3 is 0 Å². The lowest BCUT2D eigenvalue weighted by Gasteiger charge is -2.07. The second-order valence-corrected chi connectivity index (χ2v) is 5.31. The van der Waals surface area contributed by atoms with Gasteiger partial charge in [-0.05, 0) is 36.2 Å². The predicted octanol–water partition coefficient (Wildman–Crippen LogP) is 2.38. The van der Waals surface area contributed by atoms with Crippen molar-refractivity contribution in [3.8, 4) is 6.07 Å². The molecule has 5 nitrogen and oxygen atoms in total. The summed E-state index contributed by atoms with van der Waals surface area (Å²) >= 11 is 0. The molecule has 0 saturated heterocycles. The number of hydrogen-bond donors (Lipinski definition) is 2. The van der Waals surface area contributed by atoms with E-state index in [-0.39, 0.29) is 11.8 Å². The van der Waals surface area contributed by atoms with Gasteiger partial charge in [-0.15, -0.1) is 0 Å². The van der Waals surface area contributed by atoms with Gasteiger partial charge in [-0.25, -0.2) is 0 Å². The van der Waals surface area contributed by atoms with E-state index in [0.29, 0.717) is 37.1 Å². The van der Waals surface area contributed by atoms with Crippen LogP contribution < -0.4 is 10.6 Å². The Morgan fingerprint density at radius 1 is 0.958 bits per heavy atom. The first-order chi connectivity index (χ1) is 11.7. The van der Waals surface area contributed by atoms with E-state index in [4.69, 9.17) is 5.26 Å². The van der Waals surface area contributed by atoms with E-state index in [9.17, 15) is 9.59 Å². The van der Waals surface area contributed by atoms with Gasteiger partial charge in [0.25, 0.3) is 5.91 Å². The lowest BCUT2D eigenvalue weighted by atomic mass is 10.1. The Morgan fingerprint density at radius 3 is 2.33 bits per heavy atom. The van der Waals surface area contributed by atoms with Crippen LogP contribution in [0.5, 0.6) is 0 Å². The molecule has 24 heavy (non-hydrogen) atoms. The molecular weight excluding hydrogens is 302 g/mol. The molecule has 0 aliphatic carbocycles. The molecule has 0 spiro atoms. The van der Waals surface area contributed by atoms with Crippen molar-refractivity contribution in [1.29, 1.82) is 5.26 Å². The highest BCUT2D eigenvalue weighted by Crippen LogP contribution is 2.03. The topological polar surface area (TPSA) is 82.0 Å². The van der Waals surface area contributed by atoms with E-state index in [1.165, 1.54) is 0 Å². The maximum Gasteiger partial charge on any atom is 0.251 e. The molecule has 2 aromatic rings. The van der Waals surface area contributed by atoms with Crippen molar-refractivity contribution in [3.05, 3.63) is 71.3 Å². The van der Waals surface area contributed by atoms with Crippen LogP contribution >= 0.6 is 0 Å². The summed E-state index contributed by atoms with van der Waals surface area (Å²) in [6, 6.07) is 18.1. The van der Waals surface area contributed by atoms with Crippen molar-refractivity contribution in [2.45, 2.75) is 19.4 Å². The minimum absolute atomic E-state index is 0.0617. The molecule has 0 bridgehead atoms. The number of rotatable bonds is 7. The van der Waals surface area contributed by atoms with Crippen molar-refractivity contribution in [2.75, 3.05) is 6.54 Å². The summed E-state index contributed by atoms with van der Waals surface area (Å²) in [6.07, 6.45) is 0.934. The van der Waals surface area contributed by atoms with Crippen LogP contribution in [0.4, 0.5) is 0 Å². The minimum atomic E-state index is -0.131. The number of amides is 2. The van der Waals surface area contributed by atoms with E-state index in [2.05, 4.69) is 16.7 Å². The van der Waals surface area contributed by atoms with E-state index in [1.54, 1.807) is 24.3 Å². The van der Waals surface area contributed by atoms with E-state index in [0.717, 1.165) is 5.56 Å². The smallest absolute Gasteiger partial charge is 0.251 e. The second-order valence-electron chi connectivity index (χ2n) is 5.31. The molecule has 0 aliphatic heterocycles. The Hall–Kier alpha value is -3.13. The van der Waals surface area contributed by atoms with Crippen molar-refractivity contribution in [1.82, 2.24) is 10.6 Å². The third-order valence-electron chi connectivity index (χ3n) is 3.47. The molecule has 0 heterocycles. The lowest BCUT2D eigenvalue weighted by molar-refractivity contribution is -0.121. The van der Waals surface area contributed by atoms with Gasteiger partial charge in [0, 0.05) is 25.1 Å². The molecule has 0 saturated carbocycles. The molecule has 0 radical (unpaired) electrons. The fraction of sp³-hybridized carbons (Fsp3) is 0.211. The first kappa shape index (κ1) is 17.2. The Morgan fingerprint density at radius 2 is 1.67 bits per heavy atom. The first-order valence-corrected chi connectivity index (χ1v) is 7.78. The predicted molar refractivity (Wildman–Crippen MR) is 91.0 cm³/mol. The molecule has 2 amide bonds. The largest absolute Gasteiger partial charge is 0.352 e. The number of nitrogens with zero attached hydrogens (tertiary/aromatic N) is 1. The van der Waals surface area contributed by atoms with Crippen LogP contribution in [-0.2, 0) is 11.3 Å². The van der Waals surface area contributed by atoms with Crippen molar-refractivity contribution in [2.24, 2.45) is 0 Å². The van der Waals surface area contributed by atoms with Crippen molar-refractivity contribution >= 4 is 11.8 Å². The standard InChI is InChI=1S/C19H19N3O2/c20-13-15-8-10-16(11-9-15)14-22-18(23)7-4-12-21-19(24)17-5-2-1-3-6-17/h1-3,5-6,8-11H,4,7,12,14H2,(H,21,24)(H,22,23). The van der Waals surface area contributed by atoms with Crippen LogP contribution in [0.15, 0.2) is 54.6 Å². The highest BCUT2D eigenvalue weighted by atomic mass is 16.2. The maximum atomic E-state index is 11.8. The monoisotopic (exact) mass is 321 g/mol. The van der Waals surface area contributed by atoms with Gasteiger partial charge in [-0.2, -0.15) is 5.26 Å². The van der Waals surface area contributed by atoms with E-state index in [1.807, 2.05) is 30.3 Å². The van der Waals surface area contributed by atoms with Crippen LogP contribution in [0.2, 0.25) is 0 Å². The summed E-state index contributed by atoms with van der Waals surface area (Å²) in [5, 5.41) is 14.3. The van der Waals surface area contributed by atoms with Gasteiger partial charge < -0.3 is 10.6 Å². The highest BCUT2D eigenvalue weighted by molar-refractivity contribution is 5.94. The molecule has 2 N–H and O–H groups in total. The molecule has 0 fully saturated rings. The fourth-order valence-electron chi connectivity index (χ4n) is 2.13. The number of carbonyl (C=O) groups is 2. The first-order valence-electron chi connectivity index (χ1n) is 7.78. The quantitative estimate of drug-likeness (QED) is 0.768. The molecular formula is C19H19N3O2. The molecule has 0 unspecified atom stereocenters. The average Bonchev–Trinajstić information content (AvgIpc) is 2.64. The summed E-state index contributed by atoms with van der Waals surface area (Å²) in [5.41, 5.74) is 2.15. The Balaban J connectivity index is 1.63. The van der Waals surface area contributed by atoms with Gasteiger partial charge in [0.2, 0.25) is 5.91 Å². The highest BCUT2D eigenvalue weighted by Gasteiger charge is 2.05. The average molecular weight is 321 g/mol. The zero-order valence-electron chi connectivity index (χ0n) is 13.3. The Kier molecular flexibility index (Phi) is 6.54. The number of hydrogen-bond acceptors (Lipinski definition) is 3. The van der Waals surface area contributed by atoms with Crippen molar-refractivity contribution < 1.29 is 9.59 Å². The third kappa shape index (κ3) is 5.58. The lowest BCUT2D eigenvalue weighted by Crippen LogP contribution is -2.27. The van der Waals surface area contributed by atoms with Gasteiger partial charge in [-0.3, -0.25) is 9.59 Å². The van der Waals surface area contributed by atoms with Crippen LogP contribution in [0.1, 0.15) is 34.3 Å². The SMILES string of the molecule is N#Cc1ccc(CNC(=O)CCCNC(=O)c2ccccc2)cc1. The zero-order valence-corrected chi connectivity index (χ0v) is 13.3. The molecule has 0 atom stereocenters. The number of nitriles is 1. The van der Waals surface area contributed by atoms with Crippen LogP contribution in [0.3, 0.4) is 0 Å². The van der Waals surface area contributed by atoms with Crippen LogP contribution in [-0.4, -0.2) is 18.4 Å². The number of nitrogens with one attached hydrogen (secondary N) is 2. The molecule has 122 valence electrons. The molecule has 2 aromatic carbocycles. The third-order valence-corrected chi connectivity index (χ3v) is 3.47. The molecule has 5 heteroatoms. The number of benzene rings is 2.